The molecule has 4 heterocycles. The van der Waals surface area contributed by atoms with Crippen LogP contribution in [0.2, 0.25) is 0 Å². The summed E-state index contributed by atoms with van der Waals surface area (Å²) in [5.41, 5.74) is 7.67. The number of hydrogen-bond acceptors (Lipinski definition) is 6. The van der Waals surface area contributed by atoms with Crippen LogP contribution in [0.3, 0.4) is 0 Å². The Balaban J connectivity index is 1.78. The molecule has 4 N–H and O–H groups in total. The van der Waals surface area contributed by atoms with Gasteiger partial charge in [0.15, 0.2) is 0 Å². The van der Waals surface area contributed by atoms with Gasteiger partial charge in [-0.25, -0.2) is 14.8 Å². The van der Waals surface area contributed by atoms with E-state index in [0.29, 0.717) is 24.7 Å². The SMILES string of the molecule is CO[C@@]1(c2cncc(-c3c[nH]c4cnc(NC(N)=O)cc34)n2)CCOC1. The molecule has 9 nitrogen and oxygen atoms in total. The number of amides is 2. The van der Waals surface area contributed by atoms with Crippen LogP contribution >= 0.6 is 0 Å². The number of aromatic amines is 1. The largest absolute Gasteiger partial charge is 0.378 e. The molecule has 1 atom stereocenters. The van der Waals surface area contributed by atoms with Crippen molar-refractivity contribution in [3.63, 3.8) is 0 Å². The predicted octanol–water partition coefficient (Wildman–Crippen LogP) is 1.77. The van der Waals surface area contributed by atoms with Gasteiger partial charge in [-0.3, -0.25) is 10.3 Å². The molecule has 1 aliphatic heterocycles. The Kier molecular flexibility index (Phi) is 4.02. The van der Waals surface area contributed by atoms with Crippen LogP contribution in [0.5, 0.6) is 0 Å². The maximum absolute atomic E-state index is 11.1. The summed E-state index contributed by atoms with van der Waals surface area (Å²) < 4.78 is 11.2. The van der Waals surface area contributed by atoms with E-state index in [9.17, 15) is 4.79 Å². The third-order valence-electron chi connectivity index (χ3n) is 4.57. The van der Waals surface area contributed by atoms with Crippen LogP contribution in [-0.4, -0.2) is 46.3 Å². The zero-order valence-electron chi connectivity index (χ0n) is 14.2. The quantitative estimate of drug-likeness (QED) is 0.655. The van der Waals surface area contributed by atoms with Gasteiger partial charge in [-0.1, -0.05) is 0 Å². The normalized spacial score (nSPS) is 19.7. The monoisotopic (exact) mass is 354 g/mol. The molecule has 3 aromatic heterocycles. The van der Waals surface area contributed by atoms with E-state index in [-0.39, 0.29) is 0 Å². The number of rotatable bonds is 4. The summed E-state index contributed by atoms with van der Waals surface area (Å²) in [6.07, 6.45) is 7.58. The van der Waals surface area contributed by atoms with E-state index >= 15 is 0 Å². The molecule has 0 radical (unpaired) electrons. The van der Waals surface area contributed by atoms with Crippen molar-refractivity contribution in [2.45, 2.75) is 12.0 Å². The Hall–Kier alpha value is -3.04. The number of nitrogens with two attached hydrogens (primary N) is 1. The van der Waals surface area contributed by atoms with Crippen molar-refractivity contribution in [3.05, 3.63) is 36.5 Å². The van der Waals surface area contributed by atoms with Gasteiger partial charge >= 0.3 is 6.03 Å². The lowest BCUT2D eigenvalue weighted by Gasteiger charge is -2.24. The molecular formula is C17H18N6O3. The molecule has 0 spiro atoms. The Bertz CT molecular complexity index is 964. The smallest absolute Gasteiger partial charge is 0.317 e. The van der Waals surface area contributed by atoms with Crippen LogP contribution in [0.15, 0.2) is 30.9 Å². The number of carbonyl (C=O) groups excluding carboxylic acids is 1. The Morgan fingerprint density at radius 1 is 1.42 bits per heavy atom. The van der Waals surface area contributed by atoms with Crippen LogP contribution in [0.4, 0.5) is 10.6 Å². The van der Waals surface area contributed by atoms with Crippen LogP contribution in [0, 0.1) is 0 Å². The minimum atomic E-state index is -0.668. The molecule has 4 rings (SSSR count). The van der Waals surface area contributed by atoms with Gasteiger partial charge < -0.3 is 20.2 Å². The van der Waals surface area contributed by atoms with Crippen molar-refractivity contribution in [3.8, 4) is 11.3 Å². The summed E-state index contributed by atoms with van der Waals surface area (Å²) in [5, 5.41) is 3.33. The number of anilines is 1. The first kappa shape index (κ1) is 16.4. The second kappa shape index (κ2) is 6.36. The van der Waals surface area contributed by atoms with Crippen LogP contribution in [0.25, 0.3) is 22.2 Å². The molecule has 0 bridgehead atoms. The molecule has 1 saturated heterocycles. The van der Waals surface area contributed by atoms with Gasteiger partial charge in [0.05, 0.1) is 42.1 Å². The Labute approximate surface area is 149 Å². The number of hydrogen-bond donors (Lipinski definition) is 3. The van der Waals surface area contributed by atoms with Gasteiger partial charge in [0.25, 0.3) is 0 Å². The fourth-order valence-electron chi connectivity index (χ4n) is 3.16. The van der Waals surface area contributed by atoms with Gasteiger partial charge in [0.2, 0.25) is 0 Å². The number of aromatic nitrogens is 4. The number of methoxy groups -OCH3 is 1. The lowest BCUT2D eigenvalue weighted by molar-refractivity contribution is -0.0248. The number of pyridine rings is 1. The number of primary amides is 1. The second-order valence-electron chi connectivity index (χ2n) is 6.10. The third kappa shape index (κ3) is 2.76. The van der Waals surface area contributed by atoms with Gasteiger partial charge in [0, 0.05) is 37.3 Å². The fraction of sp³-hybridized carbons (Fsp3) is 0.294. The maximum Gasteiger partial charge on any atom is 0.317 e. The molecular weight excluding hydrogens is 336 g/mol. The fourth-order valence-corrected chi connectivity index (χ4v) is 3.16. The van der Waals surface area contributed by atoms with Gasteiger partial charge in [-0.15, -0.1) is 0 Å². The Morgan fingerprint density at radius 2 is 2.31 bits per heavy atom. The average Bonchev–Trinajstić information content (AvgIpc) is 3.29. The lowest BCUT2D eigenvalue weighted by atomic mass is 9.98. The number of nitrogens with one attached hydrogen (secondary N) is 2. The van der Waals surface area contributed by atoms with E-state index in [1.807, 2.05) is 6.20 Å². The number of carbonyl (C=O) groups is 1. The van der Waals surface area contributed by atoms with E-state index in [2.05, 4.69) is 20.3 Å². The van der Waals surface area contributed by atoms with Crippen LogP contribution in [0.1, 0.15) is 12.1 Å². The second-order valence-corrected chi connectivity index (χ2v) is 6.10. The van der Waals surface area contributed by atoms with Crippen molar-refractivity contribution in [1.82, 2.24) is 19.9 Å². The van der Waals surface area contributed by atoms with E-state index in [1.54, 1.807) is 31.8 Å². The van der Waals surface area contributed by atoms with Crippen molar-refractivity contribution in [2.24, 2.45) is 5.73 Å². The highest BCUT2D eigenvalue weighted by molar-refractivity contribution is 5.97. The molecule has 3 aromatic rings. The molecule has 1 fully saturated rings. The average molecular weight is 354 g/mol. The minimum absolute atomic E-state index is 0.368. The summed E-state index contributed by atoms with van der Waals surface area (Å²) in [6.45, 7) is 1.08. The molecule has 0 saturated carbocycles. The predicted molar refractivity (Wildman–Crippen MR) is 94.4 cm³/mol. The highest BCUT2D eigenvalue weighted by atomic mass is 16.5. The summed E-state index contributed by atoms with van der Waals surface area (Å²) in [7, 11) is 1.65. The van der Waals surface area contributed by atoms with Crippen molar-refractivity contribution >= 4 is 22.8 Å². The lowest BCUT2D eigenvalue weighted by Crippen LogP contribution is -2.30. The van der Waals surface area contributed by atoms with Crippen LogP contribution in [-0.2, 0) is 15.1 Å². The van der Waals surface area contributed by atoms with Gasteiger partial charge in [0.1, 0.15) is 11.4 Å². The maximum atomic E-state index is 11.1. The molecule has 134 valence electrons. The molecule has 26 heavy (non-hydrogen) atoms. The van der Waals surface area contributed by atoms with Crippen molar-refractivity contribution in [1.29, 1.82) is 0 Å². The number of H-pyrrole nitrogens is 1. The molecule has 2 amide bonds. The van der Waals surface area contributed by atoms with Crippen molar-refractivity contribution in [2.75, 3.05) is 25.6 Å². The first-order valence-corrected chi connectivity index (χ1v) is 8.11. The van der Waals surface area contributed by atoms with Gasteiger partial charge in [-0.05, 0) is 6.07 Å². The molecule has 1 aliphatic rings. The molecule has 0 unspecified atom stereocenters. The van der Waals surface area contributed by atoms with Gasteiger partial charge in [-0.2, -0.15) is 0 Å². The molecule has 0 aliphatic carbocycles. The molecule has 0 aromatic carbocycles. The standard InChI is InChI=1S/C17H18N6O3/c1-25-17(2-3-26-9-17)14-8-19-6-13(22-14)11-5-20-12-7-21-15(4-10(11)12)23-16(18)24/h4-8,20H,2-3,9H2,1H3,(H3,18,21,23,24)/t17-/m0/s1. The highest BCUT2D eigenvalue weighted by Crippen LogP contribution is 2.34. The number of ether oxygens (including phenoxy) is 2. The summed E-state index contributed by atoms with van der Waals surface area (Å²) in [4.78, 5) is 27.5. The summed E-state index contributed by atoms with van der Waals surface area (Å²) in [5.74, 6) is 0.368. The van der Waals surface area contributed by atoms with E-state index in [4.69, 9.17) is 20.2 Å². The number of fused-ring (bicyclic) bond motifs is 1. The van der Waals surface area contributed by atoms with Crippen LogP contribution < -0.4 is 11.1 Å². The third-order valence-corrected chi connectivity index (χ3v) is 4.57. The Morgan fingerprint density at radius 3 is 3.04 bits per heavy atom. The summed E-state index contributed by atoms with van der Waals surface area (Å²) in [6, 6.07) is 1.07. The van der Waals surface area contributed by atoms with E-state index in [1.165, 1.54) is 0 Å². The first-order chi connectivity index (χ1) is 12.6. The topological polar surface area (TPSA) is 128 Å². The zero-order valence-corrected chi connectivity index (χ0v) is 14.2. The summed E-state index contributed by atoms with van der Waals surface area (Å²) >= 11 is 0. The zero-order chi connectivity index (χ0) is 18.1. The minimum Gasteiger partial charge on any atom is -0.378 e. The number of urea groups is 1. The van der Waals surface area contributed by atoms with Crippen molar-refractivity contribution < 1.29 is 14.3 Å². The van der Waals surface area contributed by atoms with E-state index in [0.717, 1.165) is 28.6 Å². The number of nitrogens with zero attached hydrogens (tertiary/aromatic N) is 3. The van der Waals surface area contributed by atoms with E-state index < -0.39 is 11.6 Å². The molecule has 9 heteroatoms. The highest BCUT2D eigenvalue weighted by Gasteiger charge is 2.38. The first-order valence-electron chi connectivity index (χ1n) is 8.11.